The molecule has 0 aliphatic heterocycles. The molecule has 0 aliphatic carbocycles. The lowest BCUT2D eigenvalue weighted by Crippen LogP contribution is -2.71. The van der Waals surface area contributed by atoms with Gasteiger partial charge in [0.1, 0.15) is 0 Å². The maximum Gasteiger partial charge on any atom is 0.458 e. The van der Waals surface area contributed by atoms with Gasteiger partial charge in [0.2, 0.25) is 5.34 Å². The Balaban J connectivity index is 7.96. The zero-order chi connectivity index (χ0) is 48.7. The molecule has 356 valence electrons. The van der Waals surface area contributed by atoms with E-state index in [1.807, 2.05) is 0 Å². The predicted octanol–water partition coefficient (Wildman–Crippen LogP) is 11.7. The molecule has 37 heteroatoms. The zero-order valence-corrected chi connectivity index (χ0v) is 27.8. The third kappa shape index (κ3) is 9.66. The SMILES string of the molecule is CC(F)(F)C(F)(F)C(F)(F)CC(F)(C(F)(F)F)C(F)(F)CC(F)(C(F)(F)F)C(F)(F)CC(F)(C(F)(F)F)C(F)(F)OC(F)(C(F)(F)F)C(F)(F)OC(P)(CO)C(F)(F)F. The Morgan fingerprint density at radius 2 is 0.661 bits per heavy atom. The van der Waals surface area contributed by atoms with Crippen LogP contribution in [0, 0.1) is 0 Å². The fourth-order valence-electron chi connectivity index (χ4n) is 3.89. The van der Waals surface area contributed by atoms with Crippen LogP contribution in [0.5, 0.6) is 0 Å². The summed E-state index contributed by atoms with van der Waals surface area (Å²) in [4.78, 5) is 0. The molecule has 1 N–H and O–H groups in total. The molecule has 0 saturated heterocycles. The molecule has 3 nitrogen and oxygen atoms in total. The lowest BCUT2D eigenvalue weighted by molar-refractivity contribution is -0.534. The Kier molecular flexibility index (Phi) is 14.6. The molecule has 0 radical (unpaired) electrons. The molecule has 0 aromatic rings. The molecule has 0 rings (SSSR count). The maximum atomic E-state index is 15.0. The number of aliphatic hydroxyl groups is 1. The molecule has 0 amide bonds. The summed E-state index contributed by atoms with van der Waals surface area (Å²) in [6.07, 6.45) is -75.4. The molecule has 0 aliphatic rings. The van der Waals surface area contributed by atoms with E-state index in [4.69, 9.17) is 5.11 Å². The van der Waals surface area contributed by atoms with Gasteiger partial charge in [0.25, 0.3) is 23.2 Å². The number of rotatable bonds is 17. The van der Waals surface area contributed by atoms with Crippen molar-refractivity contribution in [2.24, 2.45) is 0 Å². The van der Waals surface area contributed by atoms with E-state index in [2.05, 4.69) is 4.74 Å². The van der Waals surface area contributed by atoms with Gasteiger partial charge in [-0.2, -0.15) is 114 Å². The molecule has 6 unspecified atom stereocenters. The second-order valence-electron chi connectivity index (χ2n) is 11.9. The van der Waals surface area contributed by atoms with Gasteiger partial charge in [-0.1, -0.05) is 9.24 Å². The minimum Gasteiger partial charge on any atom is -0.393 e. The van der Waals surface area contributed by atoms with Crippen molar-refractivity contribution in [2.45, 2.75) is 127 Å². The first-order valence-electron chi connectivity index (χ1n) is 13.4. The van der Waals surface area contributed by atoms with Crippen molar-refractivity contribution >= 4 is 9.24 Å². The van der Waals surface area contributed by atoms with E-state index in [0.717, 1.165) is 0 Å². The highest BCUT2D eigenvalue weighted by Crippen LogP contribution is 2.64. The Morgan fingerprint density at radius 3 is 0.898 bits per heavy atom. The molecule has 0 fully saturated rings. The molecule has 0 heterocycles. The Labute approximate surface area is 303 Å². The quantitative estimate of drug-likeness (QED) is 0.117. The summed E-state index contributed by atoms with van der Waals surface area (Å²) in [5, 5.41) is 3.03. The second kappa shape index (κ2) is 15.1. The standard InChI is InChI=1S/C22H14F33O3P/c1-6(23,24)14(34,35)12(32,33)3-8(26,17(40,41)42)10(28,29)2-7(25,16(37,38)39)11(30,31)4-9(27,18(43,44)45)21(52,53)58-15(36,20(49,50)51)22(54,55)57-13(59,5-56)19(46,47)48/h56H,2-5,59H2,1H3. The van der Waals surface area contributed by atoms with Crippen LogP contribution < -0.4 is 0 Å². The van der Waals surface area contributed by atoms with E-state index in [-0.39, 0.29) is 9.24 Å². The van der Waals surface area contributed by atoms with Crippen molar-refractivity contribution in [3.05, 3.63) is 0 Å². The first-order chi connectivity index (χ1) is 24.8. The summed E-state index contributed by atoms with van der Waals surface area (Å²) in [6.45, 7) is -4.60. The van der Waals surface area contributed by atoms with Gasteiger partial charge < -0.3 is 5.11 Å². The van der Waals surface area contributed by atoms with Crippen LogP contribution in [0.25, 0.3) is 0 Å². The predicted molar refractivity (Wildman–Crippen MR) is 121 cm³/mol. The average Bonchev–Trinajstić information content (AvgIpc) is 2.91. The van der Waals surface area contributed by atoms with Gasteiger partial charge in [-0.25, -0.2) is 30.7 Å². The van der Waals surface area contributed by atoms with Gasteiger partial charge in [0.05, 0.1) is 25.9 Å². The molecule has 0 saturated carbocycles. The Bertz CT molecular complexity index is 1460. The topological polar surface area (TPSA) is 38.7 Å². The number of halogens is 33. The summed E-state index contributed by atoms with van der Waals surface area (Å²) in [6, 6.07) is 0. The van der Waals surface area contributed by atoms with E-state index < -0.39 is 134 Å². The van der Waals surface area contributed by atoms with Gasteiger partial charge >= 0.3 is 72.4 Å². The molecular weight excluding hydrogens is 970 g/mol. The highest BCUT2D eigenvalue weighted by atomic mass is 31.0. The van der Waals surface area contributed by atoms with Crippen molar-refractivity contribution in [3.8, 4) is 0 Å². The number of alkyl halides is 33. The van der Waals surface area contributed by atoms with Crippen LogP contribution in [0.3, 0.4) is 0 Å². The smallest absolute Gasteiger partial charge is 0.393 e. The van der Waals surface area contributed by atoms with Gasteiger partial charge in [-0.3, -0.25) is 9.47 Å². The minimum atomic E-state index is -8.95. The molecule has 59 heavy (non-hydrogen) atoms. The van der Waals surface area contributed by atoms with Gasteiger partial charge in [-0.15, -0.1) is 0 Å². The van der Waals surface area contributed by atoms with Crippen molar-refractivity contribution in [2.75, 3.05) is 6.61 Å². The molecule has 0 aromatic heterocycles. The van der Waals surface area contributed by atoms with Gasteiger partial charge in [0, 0.05) is 6.92 Å². The van der Waals surface area contributed by atoms with Crippen LogP contribution in [-0.4, -0.2) is 113 Å². The molecule has 0 aromatic carbocycles. The summed E-state index contributed by atoms with van der Waals surface area (Å²) in [5.41, 5.74) is -25.6. The first-order valence-corrected chi connectivity index (χ1v) is 14.0. The van der Waals surface area contributed by atoms with Crippen LogP contribution in [-0.2, 0) is 9.47 Å². The van der Waals surface area contributed by atoms with Crippen LogP contribution >= 0.6 is 9.24 Å². The van der Waals surface area contributed by atoms with Crippen LogP contribution in [0.4, 0.5) is 145 Å². The first kappa shape index (κ1) is 57.0. The van der Waals surface area contributed by atoms with Crippen molar-refractivity contribution in [1.82, 2.24) is 0 Å². The number of hydrogen-bond donors (Lipinski definition) is 1. The van der Waals surface area contributed by atoms with Crippen molar-refractivity contribution in [1.29, 1.82) is 0 Å². The lowest BCUT2D eigenvalue weighted by Gasteiger charge is -2.46. The monoisotopic (exact) mass is 984 g/mol. The van der Waals surface area contributed by atoms with Crippen LogP contribution in [0.15, 0.2) is 0 Å². The molecule has 6 atom stereocenters. The number of aliphatic hydroxyl groups excluding tert-OH is 1. The molecule has 0 bridgehead atoms. The van der Waals surface area contributed by atoms with Crippen molar-refractivity contribution < 1.29 is 159 Å². The minimum absolute atomic E-state index is 0.230. The highest BCUT2D eigenvalue weighted by Gasteiger charge is 2.88. The largest absolute Gasteiger partial charge is 0.458 e. The van der Waals surface area contributed by atoms with Crippen LogP contribution in [0.1, 0.15) is 26.2 Å². The lowest BCUT2D eigenvalue weighted by atomic mass is 9.77. The molecular formula is C22H14F33O3P. The summed E-state index contributed by atoms with van der Waals surface area (Å²) < 4.78 is 459. The number of ether oxygens (including phenoxy) is 2. The van der Waals surface area contributed by atoms with Crippen LogP contribution in [0.2, 0.25) is 0 Å². The van der Waals surface area contributed by atoms with E-state index in [0.29, 0.717) is 0 Å². The van der Waals surface area contributed by atoms with Crippen molar-refractivity contribution in [3.63, 3.8) is 0 Å². The zero-order valence-electron chi connectivity index (χ0n) is 26.6. The maximum absolute atomic E-state index is 15.0. The van der Waals surface area contributed by atoms with E-state index >= 15 is 4.39 Å². The third-order valence-corrected chi connectivity index (χ3v) is 8.04. The normalized spacial score (nSPS) is 20.9. The Morgan fingerprint density at radius 1 is 0.373 bits per heavy atom. The molecule has 0 spiro atoms. The summed E-state index contributed by atoms with van der Waals surface area (Å²) in [5.74, 6) is -47.5. The Hall–Kier alpha value is -2.00. The summed E-state index contributed by atoms with van der Waals surface area (Å²) in [7, 11) is -0.230. The fraction of sp³-hybridized carbons (Fsp3) is 1.00. The third-order valence-electron chi connectivity index (χ3n) is 7.41. The second-order valence-corrected chi connectivity index (χ2v) is 12.8. The van der Waals surface area contributed by atoms with E-state index in [1.54, 1.807) is 0 Å². The summed E-state index contributed by atoms with van der Waals surface area (Å²) >= 11 is 0. The van der Waals surface area contributed by atoms with Gasteiger partial charge in [0.15, 0.2) is 0 Å². The number of hydrogen-bond acceptors (Lipinski definition) is 3. The average molecular weight is 984 g/mol. The fourth-order valence-corrected chi connectivity index (χ4v) is 4.03. The van der Waals surface area contributed by atoms with E-state index in [9.17, 15) is 140 Å². The highest BCUT2D eigenvalue weighted by molar-refractivity contribution is 7.18. The van der Waals surface area contributed by atoms with E-state index in [1.165, 1.54) is 4.74 Å². The van der Waals surface area contributed by atoms with Gasteiger partial charge in [-0.05, 0) is 0 Å².